The largest absolute Gasteiger partial charge is 0.300 e. The first-order chi connectivity index (χ1) is 6.74. The Morgan fingerprint density at radius 1 is 1.64 bits per heavy atom. The van der Waals surface area contributed by atoms with Crippen molar-refractivity contribution in [3.05, 3.63) is 22.4 Å². The molecule has 1 aromatic rings. The van der Waals surface area contributed by atoms with Crippen LogP contribution >= 0.6 is 11.3 Å². The fourth-order valence-corrected chi connectivity index (χ4v) is 2.48. The molecule has 1 heterocycles. The third kappa shape index (κ3) is 2.14. The van der Waals surface area contributed by atoms with Crippen molar-refractivity contribution in [3.63, 3.8) is 0 Å². The lowest BCUT2D eigenvalue weighted by molar-refractivity contribution is 0.289. The predicted octanol–water partition coefficient (Wildman–Crippen LogP) is 2.48. The fraction of sp³-hybridized carbons (Fsp3) is 0.545. The van der Waals surface area contributed by atoms with Crippen LogP contribution in [0.25, 0.3) is 0 Å². The minimum Gasteiger partial charge on any atom is -0.300 e. The maximum atomic E-state index is 8.96. The van der Waals surface area contributed by atoms with Gasteiger partial charge < -0.3 is 0 Å². The van der Waals surface area contributed by atoms with Crippen LogP contribution in [0.4, 0.5) is 0 Å². The number of hydrogen-bond acceptors (Lipinski definition) is 3. The molecule has 74 valence electrons. The van der Waals surface area contributed by atoms with Gasteiger partial charge in [-0.25, -0.2) is 0 Å². The van der Waals surface area contributed by atoms with Gasteiger partial charge in [-0.05, 0) is 31.3 Å². The van der Waals surface area contributed by atoms with Crippen molar-refractivity contribution >= 4 is 11.3 Å². The molecule has 0 saturated heterocycles. The zero-order valence-electron chi connectivity index (χ0n) is 8.36. The molecule has 0 atom stereocenters. The van der Waals surface area contributed by atoms with Crippen LogP contribution < -0.4 is 0 Å². The molecule has 0 amide bonds. The van der Waals surface area contributed by atoms with Gasteiger partial charge in [0.1, 0.15) is 0 Å². The van der Waals surface area contributed by atoms with Gasteiger partial charge >= 0.3 is 0 Å². The summed E-state index contributed by atoms with van der Waals surface area (Å²) in [5.74, 6) is 0. The molecule has 0 aliphatic heterocycles. The van der Waals surface area contributed by atoms with E-state index in [1.807, 2.05) is 0 Å². The molecular weight excluding hydrogens is 192 g/mol. The summed E-state index contributed by atoms with van der Waals surface area (Å²) in [6, 6.07) is 6.65. The quantitative estimate of drug-likeness (QED) is 0.756. The molecule has 14 heavy (non-hydrogen) atoms. The van der Waals surface area contributed by atoms with Crippen molar-refractivity contribution in [2.45, 2.75) is 19.4 Å². The summed E-state index contributed by atoms with van der Waals surface area (Å²) in [4.78, 5) is 3.63. The van der Waals surface area contributed by atoms with E-state index in [9.17, 15) is 0 Å². The van der Waals surface area contributed by atoms with Crippen molar-refractivity contribution < 1.29 is 0 Å². The normalized spacial score (nSPS) is 18.1. The van der Waals surface area contributed by atoms with Crippen molar-refractivity contribution in [1.29, 1.82) is 5.26 Å². The zero-order chi connectivity index (χ0) is 10.0. The summed E-state index contributed by atoms with van der Waals surface area (Å²) < 4.78 is 0. The second-order valence-electron chi connectivity index (χ2n) is 4.14. The summed E-state index contributed by atoms with van der Waals surface area (Å²) >= 11 is 1.78. The molecule has 0 bridgehead atoms. The van der Waals surface area contributed by atoms with E-state index in [2.05, 4.69) is 35.5 Å². The molecule has 1 aliphatic rings. The van der Waals surface area contributed by atoms with E-state index in [0.29, 0.717) is 0 Å². The van der Waals surface area contributed by atoms with Crippen LogP contribution in [0.1, 0.15) is 17.7 Å². The molecule has 2 rings (SSSR count). The summed E-state index contributed by atoms with van der Waals surface area (Å²) in [6.45, 7) is 1.89. The lowest BCUT2D eigenvalue weighted by Crippen LogP contribution is -2.25. The molecule has 0 aromatic carbocycles. The van der Waals surface area contributed by atoms with Crippen molar-refractivity contribution in [3.8, 4) is 6.07 Å². The number of thiophene rings is 1. The van der Waals surface area contributed by atoms with Crippen LogP contribution in [0.5, 0.6) is 0 Å². The van der Waals surface area contributed by atoms with Crippen molar-refractivity contribution in [2.75, 3.05) is 13.6 Å². The number of rotatable bonds is 4. The predicted molar refractivity (Wildman–Crippen MR) is 57.9 cm³/mol. The van der Waals surface area contributed by atoms with Crippen LogP contribution in [-0.4, -0.2) is 18.5 Å². The molecule has 0 radical (unpaired) electrons. The summed E-state index contributed by atoms with van der Waals surface area (Å²) in [7, 11) is 2.09. The number of nitrogens with zero attached hydrogens (tertiary/aromatic N) is 2. The maximum Gasteiger partial charge on any atom is 0.0703 e. The van der Waals surface area contributed by atoms with E-state index < -0.39 is 0 Å². The fourth-order valence-electron chi connectivity index (χ4n) is 1.70. The number of hydrogen-bond donors (Lipinski definition) is 0. The SMILES string of the molecule is CN(Cc1cccs1)CC1(C#N)CC1. The topological polar surface area (TPSA) is 27.0 Å². The van der Waals surface area contributed by atoms with Gasteiger partial charge in [0.25, 0.3) is 0 Å². The molecule has 1 aliphatic carbocycles. The van der Waals surface area contributed by atoms with Gasteiger partial charge in [-0.3, -0.25) is 4.90 Å². The summed E-state index contributed by atoms with van der Waals surface area (Å²) in [5, 5.41) is 11.1. The molecule has 1 aromatic heterocycles. The Morgan fingerprint density at radius 3 is 2.93 bits per heavy atom. The smallest absolute Gasteiger partial charge is 0.0703 e. The first-order valence-corrected chi connectivity index (χ1v) is 5.74. The highest BCUT2D eigenvalue weighted by molar-refractivity contribution is 7.09. The highest BCUT2D eigenvalue weighted by Crippen LogP contribution is 2.45. The van der Waals surface area contributed by atoms with Gasteiger partial charge in [0.15, 0.2) is 0 Å². The Bertz CT molecular complexity index is 333. The maximum absolute atomic E-state index is 8.96. The van der Waals surface area contributed by atoms with E-state index in [-0.39, 0.29) is 5.41 Å². The van der Waals surface area contributed by atoms with Gasteiger partial charge in [-0.1, -0.05) is 6.07 Å². The van der Waals surface area contributed by atoms with Gasteiger partial charge in [-0.15, -0.1) is 11.3 Å². The van der Waals surface area contributed by atoms with Crippen LogP contribution in [0.2, 0.25) is 0 Å². The highest BCUT2D eigenvalue weighted by atomic mass is 32.1. The Hall–Kier alpha value is -0.850. The first-order valence-electron chi connectivity index (χ1n) is 4.86. The van der Waals surface area contributed by atoms with Gasteiger partial charge in [-0.2, -0.15) is 5.26 Å². The molecule has 3 heteroatoms. The highest BCUT2D eigenvalue weighted by Gasteiger charge is 2.43. The Balaban J connectivity index is 1.85. The monoisotopic (exact) mass is 206 g/mol. The lowest BCUT2D eigenvalue weighted by Gasteiger charge is -2.18. The molecule has 1 saturated carbocycles. The van der Waals surface area contributed by atoms with Gasteiger partial charge in [0.05, 0.1) is 11.5 Å². The Labute approximate surface area is 88.8 Å². The van der Waals surface area contributed by atoms with Crippen LogP contribution in [0.3, 0.4) is 0 Å². The van der Waals surface area contributed by atoms with E-state index >= 15 is 0 Å². The summed E-state index contributed by atoms with van der Waals surface area (Å²) in [6.07, 6.45) is 2.16. The van der Waals surface area contributed by atoms with Crippen LogP contribution in [0, 0.1) is 16.7 Å². The second-order valence-corrected chi connectivity index (χ2v) is 5.18. The molecular formula is C11H14N2S. The molecule has 0 unspecified atom stereocenters. The second kappa shape index (κ2) is 3.72. The standard InChI is InChI=1S/C11H14N2S/c1-13(7-10-3-2-6-14-10)9-11(8-12)4-5-11/h2-3,6H,4-5,7,9H2,1H3. The van der Waals surface area contributed by atoms with Gasteiger partial charge in [0.2, 0.25) is 0 Å². The van der Waals surface area contributed by atoms with E-state index in [0.717, 1.165) is 25.9 Å². The third-order valence-corrected chi connectivity index (χ3v) is 3.53. The van der Waals surface area contributed by atoms with Crippen molar-refractivity contribution in [2.24, 2.45) is 5.41 Å². The average Bonchev–Trinajstić information content (AvgIpc) is 2.74. The molecule has 0 N–H and O–H groups in total. The first kappa shape index (κ1) is 9.70. The van der Waals surface area contributed by atoms with Gasteiger partial charge in [0, 0.05) is 18.0 Å². The lowest BCUT2D eigenvalue weighted by atomic mass is 10.1. The molecule has 2 nitrogen and oxygen atoms in total. The number of nitriles is 1. The van der Waals surface area contributed by atoms with Crippen molar-refractivity contribution in [1.82, 2.24) is 4.90 Å². The van der Waals surface area contributed by atoms with Crippen LogP contribution in [-0.2, 0) is 6.54 Å². The summed E-state index contributed by atoms with van der Waals surface area (Å²) in [5.41, 5.74) is -0.00793. The Kier molecular flexibility index (Phi) is 2.58. The minimum absolute atomic E-state index is 0.00793. The average molecular weight is 206 g/mol. The molecule has 0 spiro atoms. The minimum atomic E-state index is -0.00793. The third-order valence-electron chi connectivity index (χ3n) is 2.67. The van der Waals surface area contributed by atoms with E-state index in [1.54, 1.807) is 11.3 Å². The molecule has 1 fully saturated rings. The zero-order valence-corrected chi connectivity index (χ0v) is 9.18. The van der Waals surface area contributed by atoms with E-state index in [4.69, 9.17) is 5.26 Å². The van der Waals surface area contributed by atoms with E-state index in [1.165, 1.54) is 4.88 Å². The Morgan fingerprint density at radius 2 is 2.43 bits per heavy atom. The van der Waals surface area contributed by atoms with Crippen LogP contribution in [0.15, 0.2) is 17.5 Å².